The van der Waals surface area contributed by atoms with Crippen LogP contribution in [0.15, 0.2) is 0 Å². The van der Waals surface area contributed by atoms with Crippen LogP contribution < -0.4 is 5.73 Å². The molecular formula is C9H20FNO2S. The van der Waals surface area contributed by atoms with Gasteiger partial charge in [0.25, 0.3) is 0 Å². The third-order valence-electron chi connectivity index (χ3n) is 2.52. The Bertz CT molecular complexity index is 248. The second-order valence-electron chi connectivity index (χ2n) is 3.55. The molecule has 86 valence electrons. The zero-order valence-electron chi connectivity index (χ0n) is 8.92. The summed E-state index contributed by atoms with van der Waals surface area (Å²) in [7, 11) is -2.97. The molecule has 0 aromatic rings. The van der Waals surface area contributed by atoms with Crippen LogP contribution in [-0.4, -0.2) is 32.1 Å². The molecule has 1 unspecified atom stereocenters. The lowest BCUT2D eigenvalue weighted by atomic mass is 9.97. The number of alkyl halides is 1. The van der Waals surface area contributed by atoms with E-state index in [-0.39, 0.29) is 24.5 Å². The van der Waals surface area contributed by atoms with Crippen LogP contribution in [0.5, 0.6) is 0 Å². The highest BCUT2D eigenvalue weighted by molar-refractivity contribution is 7.91. The van der Waals surface area contributed by atoms with Crippen LogP contribution in [0.2, 0.25) is 0 Å². The molecule has 0 saturated heterocycles. The van der Waals surface area contributed by atoms with E-state index in [1.54, 1.807) is 13.8 Å². The Morgan fingerprint density at radius 3 is 2.29 bits per heavy atom. The van der Waals surface area contributed by atoms with E-state index in [0.29, 0.717) is 12.8 Å². The van der Waals surface area contributed by atoms with Crippen molar-refractivity contribution in [3.63, 3.8) is 0 Å². The summed E-state index contributed by atoms with van der Waals surface area (Å²) in [6.07, 6.45) is 0.937. The molecule has 0 rings (SSSR count). The zero-order chi connectivity index (χ0) is 11.2. The topological polar surface area (TPSA) is 60.2 Å². The summed E-state index contributed by atoms with van der Waals surface area (Å²) in [5, 5.41) is 0. The Kier molecular flexibility index (Phi) is 5.59. The highest BCUT2D eigenvalue weighted by atomic mass is 32.2. The van der Waals surface area contributed by atoms with E-state index in [9.17, 15) is 12.8 Å². The Morgan fingerprint density at radius 1 is 1.36 bits per heavy atom. The summed E-state index contributed by atoms with van der Waals surface area (Å²) in [5.74, 6) is 0.191. The van der Waals surface area contributed by atoms with Gasteiger partial charge in [-0.05, 0) is 19.3 Å². The lowest BCUT2D eigenvalue weighted by Gasteiger charge is -2.21. The van der Waals surface area contributed by atoms with E-state index >= 15 is 0 Å². The van der Waals surface area contributed by atoms with Gasteiger partial charge in [0, 0.05) is 12.3 Å². The lowest BCUT2D eigenvalue weighted by molar-refractivity contribution is 0.153. The van der Waals surface area contributed by atoms with Crippen LogP contribution in [0.1, 0.15) is 33.1 Å². The first kappa shape index (κ1) is 13.8. The van der Waals surface area contributed by atoms with Crippen molar-refractivity contribution in [1.29, 1.82) is 0 Å². The maximum Gasteiger partial charge on any atom is 0.150 e. The molecule has 0 saturated carbocycles. The summed E-state index contributed by atoms with van der Waals surface area (Å²) in [6.45, 7) is 3.29. The van der Waals surface area contributed by atoms with Crippen molar-refractivity contribution in [2.45, 2.75) is 38.8 Å². The summed E-state index contributed by atoms with van der Waals surface area (Å²) >= 11 is 0. The molecular weight excluding hydrogens is 205 g/mol. The fraction of sp³-hybridized carbons (Fsp3) is 1.00. The number of nitrogens with two attached hydrogens (primary N) is 1. The predicted octanol–water partition coefficient (Wildman–Crippen LogP) is 1.28. The minimum Gasteiger partial charge on any atom is -0.328 e. The fourth-order valence-electron chi connectivity index (χ4n) is 1.18. The van der Waals surface area contributed by atoms with E-state index in [2.05, 4.69) is 0 Å². The molecule has 0 aliphatic carbocycles. The zero-order valence-corrected chi connectivity index (χ0v) is 9.74. The van der Waals surface area contributed by atoms with Crippen molar-refractivity contribution in [1.82, 2.24) is 0 Å². The van der Waals surface area contributed by atoms with Crippen molar-refractivity contribution in [3.05, 3.63) is 0 Å². The van der Waals surface area contributed by atoms with E-state index in [0.717, 1.165) is 0 Å². The second-order valence-corrected chi connectivity index (χ2v) is 6.02. The normalized spacial score (nSPS) is 16.6. The molecule has 5 heteroatoms. The van der Waals surface area contributed by atoms with Crippen molar-refractivity contribution < 1.29 is 12.8 Å². The SMILES string of the molecule is CCC(F)(CN)CCCS(=O)(=O)CC. The standard InChI is InChI=1S/C9H20FNO2S/c1-3-9(10,8-11)6-5-7-14(12,13)4-2/h3-8,11H2,1-2H3. The molecule has 0 aromatic carbocycles. The highest BCUT2D eigenvalue weighted by Crippen LogP contribution is 2.21. The Labute approximate surface area is 85.8 Å². The molecule has 0 aromatic heterocycles. The number of rotatable bonds is 7. The van der Waals surface area contributed by atoms with Crippen molar-refractivity contribution in [2.75, 3.05) is 18.1 Å². The van der Waals surface area contributed by atoms with Gasteiger partial charge in [0.1, 0.15) is 15.5 Å². The molecule has 0 radical (unpaired) electrons. The van der Waals surface area contributed by atoms with E-state index < -0.39 is 15.5 Å². The van der Waals surface area contributed by atoms with Crippen molar-refractivity contribution >= 4 is 9.84 Å². The first-order valence-corrected chi connectivity index (χ1v) is 6.80. The largest absolute Gasteiger partial charge is 0.328 e. The van der Waals surface area contributed by atoms with Crippen molar-refractivity contribution in [3.8, 4) is 0 Å². The average Bonchev–Trinajstić information content (AvgIpc) is 2.17. The first-order chi connectivity index (χ1) is 6.39. The summed E-state index contributed by atoms with van der Waals surface area (Å²) in [4.78, 5) is 0. The predicted molar refractivity (Wildman–Crippen MR) is 56.7 cm³/mol. The van der Waals surface area contributed by atoms with Gasteiger partial charge in [-0.1, -0.05) is 13.8 Å². The Balaban J connectivity index is 3.96. The monoisotopic (exact) mass is 225 g/mol. The summed E-state index contributed by atoms with van der Waals surface area (Å²) in [5.41, 5.74) is 3.89. The van der Waals surface area contributed by atoms with Gasteiger partial charge in [-0.25, -0.2) is 12.8 Å². The maximum absolute atomic E-state index is 13.6. The molecule has 1 atom stereocenters. The molecule has 2 N–H and O–H groups in total. The third kappa shape index (κ3) is 4.91. The Hall–Kier alpha value is -0.160. The molecule has 14 heavy (non-hydrogen) atoms. The van der Waals surface area contributed by atoms with Crippen LogP contribution in [-0.2, 0) is 9.84 Å². The molecule has 0 aliphatic rings. The van der Waals surface area contributed by atoms with E-state index in [4.69, 9.17) is 5.73 Å². The summed E-state index contributed by atoms with van der Waals surface area (Å²) < 4.78 is 35.8. The van der Waals surface area contributed by atoms with Gasteiger partial charge in [-0.2, -0.15) is 0 Å². The van der Waals surface area contributed by atoms with E-state index in [1.807, 2.05) is 0 Å². The third-order valence-corrected chi connectivity index (χ3v) is 4.31. The van der Waals surface area contributed by atoms with Crippen LogP contribution in [0.4, 0.5) is 4.39 Å². The smallest absolute Gasteiger partial charge is 0.150 e. The first-order valence-electron chi connectivity index (χ1n) is 4.98. The van der Waals surface area contributed by atoms with Gasteiger partial charge in [-0.3, -0.25) is 0 Å². The van der Waals surface area contributed by atoms with Gasteiger partial charge < -0.3 is 5.73 Å². The van der Waals surface area contributed by atoms with Gasteiger partial charge in [-0.15, -0.1) is 0 Å². The lowest BCUT2D eigenvalue weighted by Crippen LogP contribution is -2.32. The average molecular weight is 225 g/mol. The van der Waals surface area contributed by atoms with Crippen LogP contribution in [0.25, 0.3) is 0 Å². The fourth-order valence-corrected chi connectivity index (χ4v) is 2.05. The molecule has 0 fully saturated rings. The molecule has 0 spiro atoms. The quantitative estimate of drug-likeness (QED) is 0.710. The minimum atomic E-state index is -2.97. The second kappa shape index (κ2) is 5.66. The maximum atomic E-state index is 13.6. The summed E-state index contributed by atoms with van der Waals surface area (Å²) in [6, 6.07) is 0. The Morgan fingerprint density at radius 2 is 1.93 bits per heavy atom. The van der Waals surface area contributed by atoms with Crippen molar-refractivity contribution in [2.24, 2.45) is 5.73 Å². The highest BCUT2D eigenvalue weighted by Gasteiger charge is 2.25. The van der Waals surface area contributed by atoms with Gasteiger partial charge in [0.05, 0.1) is 5.75 Å². The van der Waals surface area contributed by atoms with Gasteiger partial charge >= 0.3 is 0 Å². The molecule has 0 amide bonds. The molecule has 0 heterocycles. The molecule has 0 aliphatic heterocycles. The number of halogens is 1. The minimum absolute atomic E-state index is 0.0321. The molecule has 0 bridgehead atoms. The van der Waals surface area contributed by atoms with Crippen LogP contribution in [0.3, 0.4) is 0 Å². The number of hydrogen-bond acceptors (Lipinski definition) is 3. The van der Waals surface area contributed by atoms with E-state index in [1.165, 1.54) is 0 Å². The van der Waals surface area contributed by atoms with Crippen LogP contribution >= 0.6 is 0 Å². The van der Waals surface area contributed by atoms with Gasteiger partial charge in [0.15, 0.2) is 0 Å². The van der Waals surface area contributed by atoms with Crippen LogP contribution in [0, 0.1) is 0 Å². The van der Waals surface area contributed by atoms with Gasteiger partial charge in [0.2, 0.25) is 0 Å². The molecule has 3 nitrogen and oxygen atoms in total. The number of hydrogen-bond donors (Lipinski definition) is 1. The number of sulfone groups is 1.